The first-order valence-corrected chi connectivity index (χ1v) is 6.28. The number of carbonyl (C=O) groups is 1. The molecule has 2 rings (SSSR count). The first-order valence-electron chi connectivity index (χ1n) is 5.90. The second-order valence-electron chi connectivity index (χ2n) is 4.31. The number of rotatable bonds is 4. The highest BCUT2D eigenvalue weighted by Gasteiger charge is 2.12. The fourth-order valence-electron chi connectivity index (χ4n) is 1.94. The van der Waals surface area contributed by atoms with Gasteiger partial charge in [0, 0.05) is 16.6 Å². The molecule has 1 unspecified atom stereocenters. The number of hydrogen-bond acceptors (Lipinski definition) is 2. The van der Waals surface area contributed by atoms with E-state index in [0.717, 1.165) is 16.7 Å². The van der Waals surface area contributed by atoms with Gasteiger partial charge in [0.2, 0.25) is 0 Å². The summed E-state index contributed by atoms with van der Waals surface area (Å²) in [6.45, 7) is 0. The van der Waals surface area contributed by atoms with Crippen molar-refractivity contribution in [3.8, 4) is 11.1 Å². The zero-order chi connectivity index (χ0) is 13.8. The summed E-state index contributed by atoms with van der Waals surface area (Å²) in [4.78, 5) is 10.7. The fraction of sp³-hybridized carbons (Fsp3) is 0.133. The Morgan fingerprint density at radius 1 is 1.21 bits per heavy atom. The molecule has 2 aromatic carbocycles. The van der Waals surface area contributed by atoms with Crippen LogP contribution in [-0.2, 0) is 4.79 Å². The molecule has 0 radical (unpaired) electrons. The van der Waals surface area contributed by atoms with Gasteiger partial charge in [-0.1, -0.05) is 48.0 Å². The van der Waals surface area contributed by atoms with Crippen LogP contribution in [0.3, 0.4) is 0 Å². The number of carboxylic acid groups (broad SMARTS) is 1. The molecular weight excluding hydrogens is 262 g/mol. The maximum absolute atomic E-state index is 10.7. The van der Waals surface area contributed by atoms with Gasteiger partial charge in [-0.05, 0) is 23.3 Å². The van der Waals surface area contributed by atoms with Gasteiger partial charge in [-0.3, -0.25) is 4.79 Å². The predicted octanol–water partition coefficient (Wildman–Crippen LogP) is 3.48. The summed E-state index contributed by atoms with van der Waals surface area (Å²) >= 11 is 6.15. The Morgan fingerprint density at radius 3 is 2.63 bits per heavy atom. The molecule has 2 aromatic rings. The van der Waals surface area contributed by atoms with Crippen molar-refractivity contribution in [2.24, 2.45) is 5.73 Å². The third kappa shape index (κ3) is 3.34. The Kier molecular flexibility index (Phi) is 4.20. The second-order valence-corrected chi connectivity index (χ2v) is 4.72. The standard InChI is InChI=1S/C15H14ClNO2/c16-13-7-2-1-6-12(13)10-4-3-5-11(8-10)14(17)9-15(18)19/h1-8,14H,9,17H2,(H,18,19). The fourth-order valence-corrected chi connectivity index (χ4v) is 2.18. The van der Waals surface area contributed by atoms with E-state index < -0.39 is 12.0 Å². The van der Waals surface area contributed by atoms with Crippen LogP contribution in [0.1, 0.15) is 18.0 Å². The Morgan fingerprint density at radius 2 is 1.95 bits per heavy atom. The monoisotopic (exact) mass is 275 g/mol. The molecule has 0 fully saturated rings. The highest BCUT2D eigenvalue weighted by atomic mass is 35.5. The number of halogens is 1. The molecule has 0 aliphatic carbocycles. The Bertz CT molecular complexity index is 598. The lowest BCUT2D eigenvalue weighted by Gasteiger charge is -2.12. The third-order valence-corrected chi connectivity index (χ3v) is 3.22. The molecule has 4 heteroatoms. The molecule has 0 heterocycles. The molecule has 19 heavy (non-hydrogen) atoms. The minimum Gasteiger partial charge on any atom is -0.481 e. The summed E-state index contributed by atoms with van der Waals surface area (Å²) in [5.41, 5.74) is 8.50. The van der Waals surface area contributed by atoms with Gasteiger partial charge in [-0.25, -0.2) is 0 Å². The molecule has 0 aliphatic heterocycles. The quantitative estimate of drug-likeness (QED) is 0.898. The average molecular weight is 276 g/mol. The average Bonchev–Trinajstić information content (AvgIpc) is 2.38. The van der Waals surface area contributed by atoms with Crippen molar-refractivity contribution >= 4 is 17.6 Å². The van der Waals surface area contributed by atoms with Gasteiger partial charge in [0.1, 0.15) is 0 Å². The van der Waals surface area contributed by atoms with Gasteiger partial charge >= 0.3 is 5.97 Å². The van der Waals surface area contributed by atoms with Crippen molar-refractivity contribution in [1.29, 1.82) is 0 Å². The normalized spacial score (nSPS) is 12.1. The molecular formula is C15H14ClNO2. The minimum atomic E-state index is -0.907. The molecule has 1 atom stereocenters. The van der Waals surface area contributed by atoms with Crippen LogP contribution in [-0.4, -0.2) is 11.1 Å². The Labute approximate surface area is 116 Å². The molecule has 0 aromatic heterocycles. The maximum atomic E-state index is 10.7. The number of hydrogen-bond donors (Lipinski definition) is 2. The summed E-state index contributed by atoms with van der Waals surface area (Å²) in [5.74, 6) is -0.907. The number of benzene rings is 2. The predicted molar refractivity (Wildman–Crippen MR) is 76.1 cm³/mol. The van der Waals surface area contributed by atoms with Crippen molar-refractivity contribution in [3.05, 3.63) is 59.1 Å². The lowest BCUT2D eigenvalue weighted by Crippen LogP contribution is -2.14. The van der Waals surface area contributed by atoms with E-state index >= 15 is 0 Å². The van der Waals surface area contributed by atoms with E-state index in [1.54, 1.807) is 0 Å². The van der Waals surface area contributed by atoms with E-state index in [2.05, 4.69) is 0 Å². The molecule has 3 N–H and O–H groups in total. The molecule has 3 nitrogen and oxygen atoms in total. The molecule has 98 valence electrons. The van der Waals surface area contributed by atoms with Gasteiger partial charge in [0.05, 0.1) is 6.42 Å². The van der Waals surface area contributed by atoms with E-state index in [4.69, 9.17) is 22.4 Å². The molecule has 0 saturated carbocycles. The van der Waals surface area contributed by atoms with Crippen LogP contribution in [0, 0.1) is 0 Å². The van der Waals surface area contributed by atoms with Crippen LogP contribution < -0.4 is 5.73 Å². The Hall–Kier alpha value is -1.84. The summed E-state index contributed by atoms with van der Waals surface area (Å²) in [5, 5.41) is 9.43. The lowest BCUT2D eigenvalue weighted by atomic mass is 9.98. The first kappa shape index (κ1) is 13.6. The van der Waals surface area contributed by atoms with Crippen LogP contribution in [0.2, 0.25) is 5.02 Å². The summed E-state index contributed by atoms with van der Waals surface area (Å²) in [6, 6.07) is 14.5. The Balaban J connectivity index is 2.34. The maximum Gasteiger partial charge on any atom is 0.305 e. The second kappa shape index (κ2) is 5.87. The van der Waals surface area contributed by atoms with Crippen LogP contribution in [0.15, 0.2) is 48.5 Å². The van der Waals surface area contributed by atoms with Gasteiger partial charge in [-0.2, -0.15) is 0 Å². The lowest BCUT2D eigenvalue weighted by molar-refractivity contribution is -0.137. The molecule has 0 spiro atoms. The first-order chi connectivity index (χ1) is 9.08. The zero-order valence-electron chi connectivity index (χ0n) is 10.2. The van der Waals surface area contributed by atoms with Crippen molar-refractivity contribution in [2.75, 3.05) is 0 Å². The summed E-state index contributed by atoms with van der Waals surface area (Å²) < 4.78 is 0. The topological polar surface area (TPSA) is 63.3 Å². The number of aliphatic carboxylic acids is 1. The van der Waals surface area contributed by atoms with E-state index in [0.29, 0.717) is 5.02 Å². The van der Waals surface area contributed by atoms with Crippen molar-refractivity contribution in [1.82, 2.24) is 0 Å². The molecule has 0 bridgehead atoms. The summed E-state index contributed by atoms with van der Waals surface area (Å²) in [6.07, 6.45) is -0.0913. The smallest absolute Gasteiger partial charge is 0.305 e. The SMILES string of the molecule is NC(CC(=O)O)c1cccc(-c2ccccc2Cl)c1. The molecule has 0 saturated heterocycles. The third-order valence-electron chi connectivity index (χ3n) is 2.89. The van der Waals surface area contributed by atoms with Gasteiger partial charge < -0.3 is 10.8 Å². The van der Waals surface area contributed by atoms with Gasteiger partial charge in [0.25, 0.3) is 0 Å². The molecule has 0 amide bonds. The summed E-state index contributed by atoms with van der Waals surface area (Å²) in [7, 11) is 0. The number of nitrogens with two attached hydrogens (primary N) is 1. The van der Waals surface area contributed by atoms with E-state index in [1.807, 2.05) is 48.5 Å². The largest absolute Gasteiger partial charge is 0.481 e. The zero-order valence-corrected chi connectivity index (χ0v) is 11.0. The number of carboxylic acids is 1. The van der Waals surface area contributed by atoms with Crippen molar-refractivity contribution in [3.63, 3.8) is 0 Å². The highest BCUT2D eigenvalue weighted by Crippen LogP contribution is 2.29. The minimum absolute atomic E-state index is 0.0913. The van der Waals surface area contributed by atoms with Crippen LogP contribution >= 0.6 is 11.6 Å². The van der Waals surface area contributed by atoms with Crippen LogP contribution in [0.4, 0.5) is 0 Å². The van der Waals surface area contributed by atoms with Crippen molar-refractivity contribution in [2.45, 2.75) is 12.5 Å². The van der Waals surface area contributed by atoms with Gasteiger partial charge in [0.15, 0.2) is 0 Å². The van der Waals surface area contributed by atoms with E-state index in [9.17, 15) is 4.79 Å². The van der Waals surface area contributed by atoms with Crippen LogP contribution in [0.5, 0.6) is 0 Å². The van der Waals surface area contributed by atoms with Crippen molar-refractivity contribution < 1.29 is 9.90 Å². The molecule has 0 aliphatic rings. The highest BCUT2D eigenvalue weighted by molar-refractivity contribution is 6.33. The van der Waals surface area contributed by atoms with E-state index in [1.165, 1.54) is 0 Å². The van der Waals surface area contributed by atoms with Crippen LogP contribution in [0.25, 0.3) is 11.1 Å². The van der Waals surface area contributed by atoms with Gasteiger partial charge in [-0.15, -0.1) is 0 Å². The van der Waals surface area contributed by atoms with E-state index in [-0.39, 0.29) is 6.42 Å².